The van der Waals surface area contributed by atoms with Gasteiger partial charge in [-0.05, 0) is 43.2 Å². The zero-order valence-electron chi connectivity index (χ0n) is 11.9. The Balaban J connectivity index is 1.92. The van der Waals surface area contributed by atoms with E-state index in [4.69, 9.17) is 0 Å². The van der Waals surface area contributed by atoms with Gasteiger partial charge in [-0.2, -0.15) is 0 Å². The van der Waals surface area contributed by atoms with Crippen LogP contribution in [0.4, 0.5) is 0 Å². The standard InChI is InChI=1S/C16H25NO2/c1-3-16(10-18,11-19)17-14-8-13(9-14)15-7-5-4-6-12(15)2/h4-7,13-14,17-19H,3,8-11H2,1-2H3. The normalized spacial score (nSPS) is 23.2. The second-order valence-electron chi connectivity index (χ2n) is 5.82. The smallest absolute Gasteiger partial charge is 0.0647 e. The van der Waals surface area contributed by atoms with E-state index in [-0.39, 0.29) is 13.2 Å². The minimum absolute atomic E-state index is 0.00840. The van der Waals surface area contributed by atoms with Crippen molar-refractivity contribution in [3.8, 4) is 0 Å². The van der Waals surface area contributed by atoms with E-state index in [9.17, 15) is 10.2 Å². The van der Waals surface area contributed by atoms with Crippen LogP contribution < -0.4 is 5.32 Å². The molecule has 0 bridgehead atoms. The van der Waals surface area contributed by atoms with Gasteiger partial charge in [0, 0.05) is 6.04 Å². The molecule has 1 aliphatic carbocycles. The van der Waals surface area contributed by atoms with Gasteiger partial charge in [-0.1, -0.05) is 31.2 Å². The van der Waals surface area contributed by atoms with E-state index < -0.39 is 5.54 Å². The number of rotatable bonds is 6. The number of benzene rings is 1. The number of aryl methyl sites for hydroxylation is 1. The van der Waals surface area contributed by atoms with E-state index in [1.165, 1.54) is 11.1 Å². The van der Waals surface area contributed by atoms with Crippen LogP contribution in [-0.2, 0) is 0 Å². The summed E-state index contributed by atoms with van der Waals surface area (Å²) in [6.45, 7) is 4.14. The molecular weight excluding hydrogens is 238 g/mol. The van der Waals surface area contributed by atoms with Crippen molar-refractivity contribution in [1.82, 2.24) is 5.32 Å². The third-order valence-electron chi connectivity index (χ3n) is 4.56. The molecule has 19 heavy (non-hydrogen) atoms. The van der Waals surface area contributed by atoms with E-state index in [1.54, 1.807) is 0 Å². The van der Waals surface area contributed by atoms with E-state index in [1.807, 2.05) is 6.92 Å². The van der Waals surface area contributed by atoms with Crippen LogP contribution in [0.1, 0.15) is 43.2 Å². The quantitative estimate of drug-likeness (QED) is 0.735. The Labute approximate surface area is 115 Å². The highest BCUT2D eigenvalue weighted by molar-refractivity contribution is 5.31. The van der Waals surface area contributed by atoms with Gasteiger partial charge in [-0.15, -0.1) is 0 Å². The van der Waals surface area contributed by atoms with Crippen LogP contribution in [0, 0.1) is 6.92 Å². The summed E-state index contributed by atoms with van der Waals surface area (Å²) in [5.41, 5.74) is 2.29. The average Bonchev–Trinajstić information content (AvgIpc) is 2.40. The van der Waals surface area contributed by atoms with Crippen molar-refractivity contribution in [1.29, 1.82) is 0 Å². The second-order valence-corrected chi connectivity index (χ2v) is 5.82. The molecule has 0 saturated heterocycles. The van der Waals surface area contributed by atoms with Crippen molar-refractivity contribution in [2.45, 2.75) is 50.6 Å². The monoisotopic (exact) mass is 263 g/mol. The van der Waals surface area contributed by atoms with Crippen LogP contribution in [-0.4, -0.2) is 35.0 Å². The van der Waals surface area contributed by atoms with Crippen LogP contribution in [0.5, 0.6) is 0 Å². The molecule has 0 aromatic heterocycles. The first-order chi connectivity index (χ1) is 9.14. The summed E-state index contributed by atoms with van der Waals surface area (Å²) in [6, 6.07) is 8.95. The molecule has 0 radical (unpaired) electrons. The summed E-state index contributed by atoms with van der Waals surface area (Å²) >= 11 is 0. The summed E-state index contributed by atoms with van der Waals surface area (Å²) in [5, 5.41) is 22.3. The zero-order valence-corrected chi connectivity index (χ0v) is 11.9. The summed E-state index contributed by atoms with van der Waals surface area (Å²) in [7, 11) is 0. The van der Waals surface area contributed by atoms with Crippen molar-refractivity contribution in [2.75, 3.05) is 13.2 Å². The van der Waals surface area contributed by atoms with Crippen LogP contribution >= 0.6 is 0 Å². The molecule has 3 N–H and O–H groups in total. The van der Waals surface area contributed by atoms with E-state index >= 15 is 0 Å². The maximum absolute atomic E-state index is 9.45. The topological polar surface area (TPSA) is 52.5 Å². The van der Waals surface area contributed by atoms with Gasteiger partial charge >= 0.3 is 0 Å². The predicted molar refractivity (Wildman–Crippen MR) is 77.3 cm³/mol. The Morgan fingerprint density at radius 1 is 1.21 bits per heavy atom. The Morgan fingerprint density at radius 2 is 1.84 bits per heavy atom. The number of hydrogen-bond donors (Lipinski definition) is 3. The maximum Gasteiger partial charge on any atom is 0.0647 e. The van der Waals surface area contributed by atoms with Crippen LogP contribution in [0.2, 0.25) is 0 Å². The fourth-order valence-electron chi connectivity index (χ4n) is 2.93. The second kappa shape index (κ2) is 6.04. The minimum atomic E-state index is -0.513. The third-order valence-corrected chi connectivity index (χ3v) is 4.56. The van der Waals surface area contributed by atoms with Gasteiger partial charge in [0.15, 0.2) is 0 Å². The molecule has 0 atom stereocenters. The largest absolute Gasteiger partial charge is 0.394 e. The van der Waals surface area contributed by atoms with Crippen molar-refractivity contribution < 1.29 is 10.2 Å². The molecule has 2 rings (SSSR count). The highest BCUT2D eigenvalue weighted by atomic mass is 16.3. The fraction of sp³-hybridized carbons (Fsp3) is 0.625. The molecule has 0 aliphatic heterocycles. The Morgan fingerprint density at radius 3 is 2.37 bits per heavy atom. The van der Waals surface area contributed by atoms with Gasteiger partial charge in [-0.25, -0.2) is 0 Å². The molecule has 0 unspecified atom stereocenters. The molecule has 3 heteroatoms. The summed E-state index contributed by atoms with van der Waals surface area (Å²) in [6.07, 6.45) is 2.92. The zero-order chi connectivity index (χ0) is 13.9. The SMILES string of the molecule is CCC(CO)(CO)NC1CC(c2ccccc2C)C1. The molecule has 3 nitrogen and oxygen atoms in total. The lowest BCUT2D eigenvalue weighted by Crippen LogP contribution is -2.58. The van der Waals surface area contributed by atoms with E-state index in [0.29, 0.717) is 12.0 Å². The summed E-state index contributed by atoms with van der Waals surface area (Å²) in [4.78, 5) is 0. The summed E-state index contributed by atoms with van der Waals surface area (Å²) in [5.74, 6) is 0.616. The Hall–Kier alpha value is -0.900. The first kappa shape index (κ1) is 14.5. The van der Waals surface area contributed by atoms with Crippen LogP contribution in [0.15, 0.2) is 24.3 Å². The molecule has 0 heterocycles. The Kier molecular flexibility index (Phi) is 4.61. The molecule has 1 aromatic rings. The number of hydrogen-bond acceptors (Lipinski definition) is 3. The van der Waals surface area contributed by atoms with Crippen LogP contribution in [0.25, 0.3) is 0 Å². The fourth-order valence-corrected chi connectivity index (χ4v) is 2.93. The third kappa shape index (κ3) is 2.99. The maximum atomic E-state index is 9.45. The number of aliphatic hydroxyl groups is 2. The lowest BCUT2D eigenvalue weighted by atomic mass is 9.73. The predicted octanol–water partition coefficient (Wildman–Crippen LogP) is 1.96. The number of aliphatic hydroxyl groups excluding tert-OH is 2. The first-order valence-corrected chi connectivity index (χ1v) is 7.19. The van der Waals surface area contributed by atoms with Crippen molar-refractivity contribution in [2.24, 2.45) is 0 Å². The highest BCUT2D eigenvalue weighted by Gasteiger charge is 2.37. The van der Waals surface area contributed by atoms with Gasteiger partial charge in [0.05, 0.1) is 18.8 Å². The first-order valence-electron chi connectivity index (χ1n) is 7.19. The molecule has 0 spiro atoms. The van der Waals surface area contributed by atoms with Gasteiger partial charge in [0.1, 0.15) is 0 Å². The van der Waals surface area contributed by atoms with Gasteiger partial charge in [0.2, 0.25) is 0 Å². The molecule has 1 aromatic carbocycles. The molecule has 1 aliphatic rings. The molecule has 0 amide bonds. The average molecular weight is 263 g/mol. The molecule has 1 saturated carbocycles. The summed E-state index contributed by atoms with van der Waals surface area (Å²) < 4.78 is 0. The van der Waals surface area contributed by atoms with Gasteiger partial charge < -0.3 is 15.5 Å². The van der Waals surface area contributed by atoms with Crippen molar-refractivity contribution >= 4 is 0 Å². The van der Waals surface area contributed by atoms with Crippen molar-refractivity contribution in [3.63, 3.8) is 0 Å². The highest BCUT2D eigenvalue weighted by Crippen LogP contribution is 2.39. The minimum Gasteiger partial charge on any atom is -0.394 e. The molecule has 1 fully saturated rings. The molecular formula is C16H25NO2. The number of nitrogens with one attached hydrogen (secondary N) is 1. The van der Waals surface area contributed by atoms with Crippen LogP contribution in [0.3, 0.4) is 0 Å². The van der Waals surface area contributed by atoms with Gasteiger partial charge in [-0.3, -0.25) is 0 Å². The Bertz CT molecular complexity index is 401. The lowest BCUT2D eigenvalue weighted by Gasteiger charge is -2.43. The molecule has 106 valence electrons. The van der Waals surface area contributed by atoms with E-state index in [0.717, 1.165) is 19.3 Å². The lowest BCUT2D eigenvalue weighted by molar-refractivity contribution is 0.0627. The van der Waals surface area contributed by atoms with E-state index in [2.05, 4.69) is 36.5 Å². The van der Waals surface area contributed by atoms with Gasteiger partial charge in [0.25, 0.3) is 0 Å². The van der Waals surface area contributed by atoms with Crippen molar-refractivity contribution in [3.05, 3.63) is 35.4 Å².